The topological polar surface area (TPSA) is 110 Å². The SMILES string of the molecule is O=C(O)COc1nc(-c2ncccc2F)n(O)n1. The van der Waals surface area contributed by atoms with Crippen molar-refractivity contribution in [2.45, 2.75) is 0 Å². The Balaban J connectivity index is 2.30. The number of carboxylic acids is 1. The summed E-state index contributed by atoms with van der Waals surface area (Å²) in [4.78, 5) is 17.8. The molecule has 0 amide bonds. The molecule has 0 unspecified atom stereocenters. The first-order chi connectivity index (χ1) is 8.58. The highest BCUT2D eigenvalue weighted by atomic mass is 19.1. The summed E-state index contributed by atoms with van der Waals surface area (Å²) in [7, 11) is 0. The van der Waals surface area contributed by atoms with Crippen LogP contribution in [-0.4, -0.2) is 42.8 Å². The van der Waals surface area contributed by atoms with Gasteiger partial charge in [0, 0.05) is 6.20 Å². The Morgan fingerprint density at radius 1 is 1.56 bits per heavy atom. The van der Waals surface area contributed by atoms with E-state index in [4.69, 9.17) is 5.11 Å². The second kappa shape index (κ2) is 4.65. The smallest absolute Gasteiger partial charge is 0.341 e. The number of hydrogen-bond acceptors (Lipinski definition) is 6. The molecule has 9 heteroatoms. The van der Waals surface area contributed by atoms with Crippen molar-refractivity contribution in [3.63, 3.8) is 0 Å². The van der Waals surface area contributed by atoms with Gasteiger partial charge in [0.1, 0.15) is 5.69 Å². The predicted molar refractivity (Wildman–Crippen MR) is 53.5 cm³/mol. The molecule has 2 rings (SSSR count). The highest BCUT2D eigenvalue weighted by Gasteiger charge is 2.17. The molecule has 8 nitrogen and oxygen atoms in total. The first-order valence-electron chi connectivity index (χ1n) is 4.69. The zero-order valence-electron chi connectivity index (χ0n) is 8.82. The fraction of sp³-hybridized carbons (Fsp3) is 0.111. The number of carboxylic acid groups (broad SMARTS) is 1. The van der Waals surface area contributed by atoms with E-state index in [1.54, 1.807) is 0 Å². The van der Waals surface area contributed by atoms with Crippen molar-refractivity contribution in [3.05, 3.63) is 24.1 Å². The summed E-state index contributed by atoms with van der Waals surface area (Å²) < 4.78 is 18.0. The summed E-state index contributed by atoms with van der Waals surface area (Å²) in [5, 5.41) is 21.1. The van der Waals surface area contributed by atoms with Gasteiger partial charge in [-0.3, -0.25) is 0 Å². The van der Waals surface area contributed by atoms with Crippen molar-refractivity contribution >= 4 is 5.97 Å². The number of hydrogen-bond donors (Lipinski definition) is 2. The maximum atomic E-state index is 13.4. The molecule has 0 spiro atoms. The first kappa shape index (κ1) is 11.8. The van der Waals surface area contributed by atoms with Gasteiger partial charge >= 0.3 is 12.0 Å². The van der Waals surface area contributed by atoms with Gasteiger partial charge in [-0.05, 0) is 12.1 Å². The van der Waals surface area contributed by atoms with E-state index in [0.29, 0.717) is 0 Å². The van der Waals surface area contributed by atoms with Gasteiger partial charge in [-0.1, -0.05) is 9.94 Å². The number of ether oxygens (including phenoxy) is 1. The van der Waals surface area contributed by atoms with Gasteiger partial charge in [0.25, 0.3) is 0 Å². The molecule has 0 fully saturated rings. The summed E-state index contributed by atoms with van der Waals surface area (Å²) in [5.41, 5.74) is -0.224. The third-order valence-electron chi connectivity index (χ3n) is 1.87. The maximum Gasteiger partial charge on any atom is 0.341 e. The molecular formula is C9H7FN4O4. The fourth-order valence-corrected chi connectivity index (χ4v) is 1.17. The lowest BCUT2D eigenvalue weighted by Gasteiger charge is -1.97. The van der Waals surface area contributed by atoms with Crippen LogP contribution in [-0.2, 0) is 4.79 Å². The number of halogens is 1. The van der Waals surface area contributed by atoms with E-state index in [9.17, 15) is 14.4 Å². The number of aromatic nitrogens is 4. The standard InChI is InChI=1S/C9H7FN4O4/c10-5-2-1-3-11-7(5)8-12-9(13-14(8)17)18-4-6(15)16/h1-3,17H,4H2,(H,15,16). The lowest BCUT2D eigenvalue weighted by Crippen LogP contribution is -2.10. The summed E-state index contributed by atoms with van der Waals surface area (Å²) in [5.74, 6) is -2.21. The molecule has 0 atom stereocenters. The fourth-order valence-electron chi connectivity index (χ4n) is 1.17. The first-order valence-corrected chi connectivity index (χ1v) is 4.69. The minimum atomic E-state index is -1.23. The van der Waals surface area contributed by atoms with E-state index in [0.717, 1.165) is 6.07 Å². The van der Waals surface area contributed by atoms with Crippen LogP contribution >= 0.6 is 0 Å². The Morgan fingerprint density at radius 2 is 2.33 bits per heavy atom. The average Bonchev–Trinajstić information content (AvgIpc) is 2.69. The van der Waals surface area contributed by atoms with Crippen LogP contribution in [0.4, 0.5) is 4.39 Å². The number of rotatable bonds is 4. The van der Waals surface area contributed by atoms with Crippen LogP contribution in [0.25, 0.3) is 11.5 Å². The zero-order chi connectivity index (χ0) is 13.1. The van der Waals surface area contributed by atoms with Crippen LogP contribution in [0.2, 0.25) is 0 Å². The Morgan fingerprint density at radius 3 is 3.00 bits per heavy atom. The monoisotopic (exact) mass is 254 g/mol. The molecule has 0 radical (unpaired) electrons. The van der Waals surface area contributed by atoms with E-state index in [-0.39, 0.29) is 22.4 Å². The zero-order valence-corrected chi connectivity index (χ0v) is 8.82. The molecule has 0 bridgehead atoms. The van der Waals surface area contributed by atoms with Gasteiger partial charge in [-0.2, -0.15) is 4.98 Å². The van der Waals surface area contributed by atoms with Crippen molar-refractivity contribution in [1.82, 2.24) is 19.9 Å². The van der Waals surface area contributed by atoms with Crippen LogP contribution in [0.3, 0.4) is 0 Å². The lowest BCUT2D eigenvalue weighted by atomic mass is 10.3. The number of nitrogens with zero attached hydrogens (tertiary/aromatic N) is 4. The molecule has 2 N–H and O–H groups in total. The van der Waals surface area contributed by atoms with Gasteiger partial charge in [-0.25, -0.2) is 14.2 Å². The molecule has 0 saturated carbocycles. The normalized spacial score (nSPS) is 10.3. The number of carbonyl (C=O) groups is 1. The summed E-state index contributed by atoms with van der Waals surface area (Å²) >= 11 is 0. The van der Waals surface area contributed by atoms with Crippen LogP contribution in [0, 0.1) is 5.82 Å². The van der Waals surface area contributed by atoms with E-state index in [1.807, 2.05) is 0 Å². The molecule has 0 aliphatic carbocycles. The van der Waals surface area contributed by atoms with Crippen LogP contribution in [0.15, 0.2) is 18.3 Å². The lowest BCUT2D eigenvalue weighted by molar-refractivity contribution is -0.139. The Bertz CT molecular complexity index is 586. The molecule has 18 heavy (non-hydrogen) atoms. The van der Waals surface area contributed by atoms with Crippen molar-refractivity contribution < 1.29 is 24.2 Å². The largest absolute Gasteiger partial charge is 0.479 e. The molecule has 0 saturated heterocycles. The average molecular weight is 254 g/mol. The van der Waals surface area contributed by atoms with Gasteiger partial charge in [0.05, 0.1) is 0 Å². The van der Waals surface area contributed by atoms with Gasteiger partial charge in [0.2, 0.25) is 5.82 Å². The predicted octanol–water partition coefficient (Wildman–Crippen LogP) is 0.180. The molecule has 0 aliphatic heterocycles. The number of pyridine rings is 1. The molecule has 2 aromatic heterocycles. The van der Waals surface area contributed by atoms with Crippen LogP contribution in [0.5, 0.6) is 6.01 Å². The van der Waals surface area contributed by atoms with Crippen LogP contribution < -0.4 is 4.74 Å². The highest BCUT2D eigenvalue weighted by Crippen LogP contribution is 2.19. The number of aliphatic carboxylic acids is 1. The Hall–Kier alpha value is -2.71. The molecule has 2 heterocycles. The third-order valence-corrected chi connectivity index (χ3v) is 1.87. The van der Waals surface area contributed by atoms with Gasteiger partial charge in [-0.15, -0.1) is 0 Å². The molecule has 2 aromatic rings. The summed E-state index contributed by atoms with van der Waals surface area (Å²) in [6.45, 7) is -0.672. The van der Waals surface area contributed by atoms with E-state index >= 15 is 0 Å². The Labute approximate surface area is 99.2 Å². The van der Waals surface area contributed by atoms with Gasteiger partial charge < -0.3 is 15.1 Å². The van der Waals surface area contributed by atoms with Crippen molar-refractivity contribution in [2.24, 2.45) is 0 Å². The summed E-state index contributed by atoms with van der Waals surface area (Å²) in [6.07, 6.45) is 1.31. The van der Waals surface area contributed by atoms with Crippen LogP contribution in [0.1, 0.15) is 0 Å². The van der Waals surface area contributed by atoms with Crippen molar-refractivity contribution in [2.75, 3.05) is 6.61 Å². The molecule has 0 aromatic carbocycles. The van der Waals surface area contributed by atoms with E-state index in [2.05, 4.69) is 19.8 Å². The summed E-state index contributed by atoms with van der Waals surface area (Å²) in [6, 6.07) is 2.12. The second-order valence-corrected chi connectivity index (χ2v) is 3.12. The minimum absolute atomic E-state index is 0.224. The maximum absolute atomic E-state index is 13.4. The highest BCUT2D eigenvalue weighted by molar-refractivity contribution is 5.68. The van der Waals surface area contributed by atoms with Gasteiger partial charge in [0.15, 0.2) is 12.4 Å². The van der Waals surface area contributed by atoms with Crippen molar-refractivity contribution in [1.29, 1.82) is 0 Å². The molecule has 94 valence electrons. The second-order valence-electron chi connectivity index (χ2n) is 3.12. The van der Waals surface area contributed by atoms with Crippen molar-refractivity contribution in [3.8, 4) is 17.5 Å². The van der Waals surface area contributed by atoms with E-state index in [1.165, 1.54) is 12.3 Å². The molecular weight excluding hydrogens is 247 g/mol. The molecule has 0 aliphatic rings. The minimum Gasteiger partial charge on any atom is -0.479 e. The Kier molecular flexibility index (Phi) is 3.04. The van der Waals surface area contributed by atoms with E-state index < -0.39 is 18.4 Å². The quantitative estimate of drug-likeness (QED) is 0.748. The third kappa shape index (κ3) is 2.34.